The summed E-state index contributed by atoms with van der Waals surface area (Å²) in [5, 5.41) is 0. The molecule has 0 N–H and O–H groups in total. The molecule has 0 heterocycles. The highest BCUT2D eigenvalue weighted by molar-refractivity contribution is 6.53. The molecular weight excluding hydrogens is 236 g/mol. The summed E-state index contributed by atoms with van der Waals surface area (Å²) in [5.41, 5.74) is 1.04. The van der Waals surface area contributed by atoms with Gasteiger partial charge in [0.15, 0.2) is 0 Å². The van der Waals surface area contributed by atoms with Gasteiger partial charge in [-0.2, -0.15) is 0 Å². The molecule has 1 rings (SSSR count). The third-order valence-electron chi connectivity index (χ3n) is 2.14. The molecule has 0 saturated heterocycles. The third-order valence-corrected chi connectivity index (χ3v) is 4.15. The van der Waals surface area contributed by atoms with Gasteiger partial charge in [-0.05, 0) is 5.56 Å². The number of hydrogen-bond acceptors (Lipinski definition) is 4. The van der Waals surface area contributed by atoms with Gasteiger partial charge in [-0.1, -0.05) is 36.4 Å². The normalized spacial score (nSPS) is 11.4. The average molecular weight is 254 g/mol. The lowest BCUT2D eigenvalue weighted by molar-refractivity contribution is -0.00750. The molecule has 0 atom stereocenters. The van der Waals surface area contributed by atoms with Crippen molar-refractivity contribution in [2.24, 2.45) is 0 Å². The maximum absolute atomic E-state index is 5.64. The van der Waals surface area contributed by atoms with Gasteiger partial charge in [0.1, 0.15) is 0 Å². The monoisotopic (exact) mass is 254 g/mol. The van der Waals surface area contributed by atoms with Crippen LogP contribution in [0.4, 0.5) is 0 Å². The van der Waals surface area contributed by atoms with Crippen LogP contribution in [0.25, 0.3) is 0 Å². The van der Waals surface area contributed by atoms with E-state index < -0.39 is 9.05 Å². The van der Waals surface area contributed by atoms with Crippen molar-refractivity contribution in [3.05, 3.63) is 48.6 Å². The van der Waals surface area contributed by atoms with Gasteiger partial charge in [0.25, 0.3) is 0 Å². The van der Waals surface area contributed by atoms with Crippen LogP contribution in [-0.4, -0.2) is 29.9 Å². The lowest BCUT2D eigenvalue weighted by atomic mass is 10.2. The molecule has 0 bridgehead atoms. The van der Waals surface area contributed by atoms with Crippen LogP contribution in [-0.2, 0) is 24.3 Å². The molecule has 1 aromatic carbocycles. The molecule has 0 spiro atoms. The first-order valence-electron chi connectivity index (χ1n) is 5.29. The molecule has 0 aliphatic rings. The first kappa shape index (κ1) is 14.1. The van der Waals surface area contributed by atoms with Crippen LogP contribution in [0.15, 0.2) is 43.0 Å². The Bertz CT molecular complexity index is 325. The average Bonchev–Trinajstić information content (AvgIpc) is 2.41. The van der Waals surface area contributed by atoms with Crippen LogP contribution in [0.2, 0.25) is 0 Å². The Labute approximate surface area is 103 Å². The quantitative estimate of drug-likeness (QED) is 0.526. The van der Waals surface area contributed by atoms with E-state index in [4.69, 9.17) is 17.7 Å². The van der Waals surface area contributed by atoms with E-state index in [1.165, 1.54) is 14.2 Å². The smallest absolute Gasteiger partial charge is 0.355 e. The second kappa shape index (κ2) is 7.36. The summed E-state index contributed by atoms with van der Waals surface area (Å²) in [6.45, 7) is 4.31. The first-order valence-corrected chi connectivity index (χ1v) is 6.92. The fourth-order valence-corrected chi connectivity index (χ4v) is 2.65. The zero-order chi connectivity index (χ0) is 12.6. The molecular formula is C12H18O4Si. The fraction of sp³-hybridized carbons (Fsp3) is 0.333. The maximum Gasteiger partial charge on any atom is 0.679 e. The molecule has 5 heteroatoms. The Hall–Kier alpha value is -0.983. The largest absolute Gasteiger partial charge is 0.679 e. The van der Waals surface area contributed by atoms with E-state index >= 15 is 0 Å². The molecule has 1 aromatic rings. The van der Waals surface area contributed by atoms with E-state index in [0.29, 0.717) is 13.2 Å². The van der Waals surface area contributed by atoms with Crippen molar-refractivity contribution in [1.29, 1.82) is 0 Å². The second-order valence-electron chi connectivity index (χ2n) is 3.28. The zero-order valence-corrected chi connectivity index (χ0v) is 11.2. The minimum Gasteiger partial charge on any atom is -0.355 e. The van der Waals surface area contributed by atoms with Crippen molar-refractivity contribution in [2.45, 2.75) is 6.61 Å². The van der Waals surface area contributed by atoms with Gasteiger partial charge in [0.05, 0.1) is 13.2 Å². The van der Waals surface area contributed by atoms with Crippen LogP contribution in [0.3, 0.4) is 0 Å². The van der Waals surface area contributed by atoms with E-state index in [1.807, 2.05) is 30.3 Å². The van der Waals surface area contributed by atoms with Crippen molar-refractivity contribution in [3.8, 4) is 0 Å². The molecule has 0 saturated carbocycles. The summed E-state index contributed by atoms with van der Waals surface area (Å²) in [7, 11) is 0.0169. The van der Waals surface area contributed by atoms with Crippen molar-refractivity contribution < 1.29 is 17.7 Å². The molecule has 0 fully saturated rings. The Balaban J connectivity index is 2.57. The lowest BCUT2D eigenvalue weighted by Crippen LogP contribution is -2.47. The molecule has 94 valence electrons. The third kappa shape index (κ3) is 4.41. The van der Waals surface area contributed by atoms with E-state index in [1.54, 1.807) is 6.08 Å². The van der Waals surface area contributed by atoms with E-state index in [0.717, 1.165) is 5.56 Å². The molecule has 0 amide bonds. The van der Waals surface area contributed by atoms with Gasteiger partial charge < -0.3 is 17.7 Å². The highest BCUT2D eigenvalue weighted by atomic mass is 28.4. The van der Waals surface area contributed by atoms with Gasteiger partial charge in [-0.3, -0.25) is 0 Å². The van der Waals surface area contributed by atoms with Crippen molar-refractivity contribution in [2.75, 3.05) is 20.8 Å². The summed E-state index contributed by atoms with van der Waals surface area (Å²) >= 11 is 0. The molecule has 0 radical (unpaired) electrons. The second-order valence-corrected chi connectivity index (χ2v) is 5.68. The summed E-state index contributed by atoms with van der Waals surface area (Å²) in [6.07, 6.45) is 1.63. The summed E-state index contributed by atoms with van der Waals surface area (Å²) in [6, 6.07) is 9.79. The van der Waals surface area contributed by atoms with Crippen molar-refractivity contribution >= 4 is 9.05 Å². The van der Waals surface area contributed by atoms with Crippen molar-refractivity contribution in [1.82, 2.24) is 0 Å². The van der Waals surface area contributed by atoms with Gasteiger partial charge in [-0.15, -0.1) is 6.58 Å². The predicted molar refractivity (Wildman–Crippen MR) is 67.2 cm³/mol. The standard InChI is InChI=1S/C12H18O4Si/c1-4-10-15-17(13-2,14-3)16-11-12-8-6-5-7-9-12/h4-9H,1,10-11H2,2-3H3. The summed E-state index contributed by atoms with van der Waals surface area (Å²) in [5.74, 6) is 0. The summed E-state index contributed by atoms with van der Waals surface area (Å²) < 4.78 is 21.6. The molecule has 4 nitrogen and oxygen atoms in total. The topological polar surface area (TPSA) is 36.9 Å². The zero-order valence-electron chi connectivity index (χ0n) is 10.2. The van der Waals surface area contributed by atoms with Crippen LogP contribution in [0.1, 0.15) is 5.56 Å². The van der Waals surface area contributed by atoms with Crippen molar-refractivity contribution in [3.63, 3.8) is 0 Å². The van der Waals surface area contributed by atoms with Gasteiger partial charge in [0, 0.05) is 14.2 Å². The predicted octanol–water partition coefficient (Wildman–Crippen LogP) is 2.13. The minimum atomic E-state index is -3.02. The highest BCUT2D eigenvalue weighted by Gasteiger charge is 2.43. The van der Waals surface area contributed by atoms with Gasteiger partial charge >= 0.3 is 9.05 Å². The minimum absolute atomic E-state index is 0.336. The van der Waals surface area contributed by atoms with Crippen LogP contribution in [0.5, 0.6) is 0 Å². The Morgan fingerprint density at radius 2 is 1.76 bits per heavy atom. The van der Waals surface area contributed by atoms with E-state index in [-0.39, 0.29) is 0 Å². The first-order chi connectivity index (χ1) is 8.26. The van der Waals surface area contributed by atoms with Crippen LogP contribution >= 0.6 is 0 Å². The number of benzene rings is 1. The van der Waals surface area contributed by atoms with Crippen LogP contribution in [0, 0.1) is 0 Å². The molecule has 0 aliphatic heterocycles. The molecule has 0 unspecified atom stereocenters. The molecule has 0 aliphatic carbocycles. The van der Waals surface area contributed by atoms with E-state index in [2.05, 4.69) is 6.58 Å². The number of hydrogen-bond donors (Lipinski definition) is 0. The lowest BCUT2D eigenvalue weighted by Gasteiger charge is -2.24. The number of rotatable bonds is 8. The molecule has 17 heavy (non-hydrogen) atoms. The maximum atomic E-state index is 5.64. The fourth-order valence-electron chi connectivity index (χ4n) is 1.27. The molecule has 0 aromatic heterocycles. The summed E-state index contributed by atoms with van der Waals surface area (Å²) in [4.78, 5) is 0. The highest BCUT2D eigenvalue weighted by Crippen LogP contribution is 2.13. The Kier molecular flexibility index (Phi) is 6.10. The Morgan fingerprint density at radius 3 is 2.29 bits per heavy atom. The SMILES string of the molecule is C=CCO[Si](OC)(OC)OCc1ccccc1. The Morgan fingerprint density at radius 1 is 1.12 bits per heavy atom. The van der Waals surface area contributed by atoms with Gasteiger partial charge in [-0.25, -0.2) is 0 Å². The van der Waals surface area contributed by atoms with Gasteiger partial charge in [0.2, 0.25) is 0 Å². The van der Waals surface area contributed by atoms with E-state index in [9.17, 15) is 0 Å². The van der Waals surface area contributed by atoms with Crippen LogP contribution < -0.4 is 0 Å².